The van der Waals surface area contributed by atoms with Crippen molar-refractivity contribution in [2.45, 2.75) is 0 Å². The molecule has 0 saturated carbocycles. The first kappa shape index (κ1) is 24.2. The van der Waals surface area contributed by atoms with Gasteiger partial charge in [-0.1, -0.05) is 115 Å². The van der Waals surface area contributed by atoms with Gasteiger partial charge in [-0.3, -0.25) is 4.98 Å². The van der Waals surface area contributed by atoms with Gasteiger partial charge in [-0.2, -0.15) is 0 Å². The summed E-state index contributed by atoms with van der Waals surface area (Å²) in [7, 11) is 0. The Morgan fingerprint density at radius 1 is 0.357 bits per heavy atom. The lowest BCUT2D eigenvalue weighted by molar-refractivity contribution is 1.33. The lowest BCUT2D eigenvalue weighted by Crippen LogP contribution is -1.92. The zero-order valence-corrected chi connectivity index (χ0v) is 22.9. The largest absolute Gasteiger partial charge is 0.256 e. The van der Waals surface area contributed by atoms with E-state index in [9.17, 15) is 0 Å². The molecule has 8 rings (SSSR count). The maximum Gasteiger partial charge on any atom is 0.0715 e. The number of rotatable bonds is 4. The molecule has 196 valence electrons. The van der Waals surface area contributed by atoms with Crippen LogP contribution in [0.15, 0.2) is 158 Å². The SMILES string of the molecule is c1ccc2cc(-c3cc(-c4ccc(-c5cccc6ncccc56)cc4)cc(-c4ccc5ccccc5c4)n3)ccc2c1. The zero-order chi connectivity index (χ0) is 27.9. The van der Waals surface area contributed by atoms with Crippen LogP contribution in [0, 0.1) is 0 Å². The van der Waals surface area contributed by atoms with Crippen LogP contribution >= 0.6 is 0 Å². The molecule has 0 bridgehead atoms. The van der Waals surface area contributed by atoms with Gasteiger partial charge in [0.2, 0.25) is 0 Å². The third-order valence-corrected chi connectivity index (χ3v) is 8.09. The molecule has 2 heterocycles. The van der Waals surface area contributed by atoms with Crippen LogP contribution in [0.4, 0.5) is 0 Å². The molecule has 2 nitrogen and oxygen atoms in total. The van der Waals surface area contributed by atoms with Crippen molar-refractivity contribution >= 4 is 32.4 Å². The van der Waals surface area contributed by atoms with Crippen LogP contribution in [0.5, 0.6) is 0 Å². The molecule has 0 saturated heterocycles. The fourth-order valence-corrected chi connectivity index (χ4v) is 5.89. The van der Waals surface area contributed by atoms with Gasteiger partial charge < -0.3 is 0 Å². The minimum atomic E-state index is 0.964. The van der Waals surface area contributed by atoms with E-state index in [0.717, 1.165) is 44.5 Å². The second kappa shape index (κ2) is 10.1. The molecule has 0 atom stereocenters. The van der Waals surface area contributed by atoms with Crippen molar-refractivity contribution in [3.8, 4) is 44.8 Å². The second-order valence-electron chi connectivity index (χ2n) is 10.7. The van der Waals surface area contributed by atoms with Crippen LogP contribution in [0.1, 0.15) is 0 Å². The first-order valence-electron chi connectivity index (χ1n) is 14.2. The fraction of sp³-hybridized carbons (Fsp3) is 0. The van der Waals surface area contributed by atoms with E-state index < -0.39 is 0 Å². The Hall–Kier alpha value is -5.60. The standard InChI is InChI=1S/C40H26N2/c1-3-9-31-23-33(20-16-27(31)7-1)39-25-35(26-40(42-39)34-21-17-28-8-2-4-10-32(28)24-34)29-14-18-30(19-15-29)36-11-5-13-38-37(36)12-6-22-41-38/h1-26H. The van der Waals surface area contributed by atoms with Gasteiger partial charge in [-0.25, -0.2) is 4.98 Å². The third-order valence-electron chi connectivity index (χ3n) is 8.09. The number of benzene rings is 6. The summed E-state index contributed by atoms with van der Waals surface area (Å²) in [5, 5.41) is 6.04. The molecule has 0 fully saturated rings. The summed E-state index contributed by atoms with van der Waals surface area (Å²) in [4.78, 5) is 9.75. The average molecular weight is 535 g/mol. The molecule has 42 heavy (non-hydrogen) atoms. The molecule has 0 N–H and O–H groups in total. The van der Waals surface area contributed by atoms with E-state index in [1.165, 1.54) is 32.7 Å². The van der Waals surface area contributed by atoms with E-state index in [1.807, 2.05) is 12.3 Å². The summed E-state index contributed by atoms with van der Waals surface area (Å²) in [6, 6.07) is 53.9. The zero-order valence-electron chi connectivity index (χ0n) is 22.9. The molecular weight excluding hydrogens is 508 g/mol. The number of hydrogen-bond donors (Lipinski definition) is 0. The number of nitrogens with zero attached hydrogens (tertiary/aromatic N) is 2. The number of fused-ring (bicyclic) bond motifs is 3. The first-order valence-corrected chi connectivity index (χ1v) is 14.2. The van der Waals surface area contributed by atoms with E-state index >= 15 is 0 Å². The quantitative estimate of drug-likeness (QED) is 0.224. The molecule has 0 aliphatic carbocycles. The molecule has 0 amide bonds. The van der Waals surface area contributed by atoms with Gasteiger partial charge >= 0.3 is 0 Å². The van der Waals surface area contributed by atoms with Crippen LogP contribution in [0.3, 0.4) is 0 Å². The normalized spacial score (nSPS) is 11.3. The maximum atomic E-state index is 5.21. The topological polar surface area (TPSA) is 25.8 Å². The fourth-order valence-electron chi connectivity index (χ4n) is 5.89. The van der Waals surface area contributed by atoms with Gasteiger partial charge in [0.15, 0.2) is 0 Å². The summed E-state index contributed by atoms with van der Waals surface area (Å²) in [6.45, 7) is 0. The van der Waals surface area contributed by atoms with Crippen molar-refractivity contribution < 1.29 is 0 Å². The summed E-state index contributed by atoms with van der Waals surface area (Å²) in [5.41, 5.74) is 9.82. The van der Waals surface area contributed by atoms with Crippen molar-refractivity contribution in [3.05, 3.63) is 158 Å². The smallest absolute Gasteiger partial charge is 0.0715 e. The van der Waals surface area contributed by atoms with Crippen LogP contribution in [0.2, 0.25) is 0 Å². The van der Waals surface area contributed by atoms with Gasteiger partial charge in [0.1, 0.15) is 0 Å². The van der Waals surface area contributed by atoms with E-state index in [0.29, 0.717) is 0 Å². The molecule has 0 radical (unpaired) electrons. The van der Waals surface area contributed by atoms with Gasteiger partial charge in [-0.15, -0.1) is 0 Å². The van der Waals surface area contributed by atoms with Crippen molar-refractivity contribution in [2.24, 2.45) is 0 Å². The molecule has 8 aromatic rings. The monoisotopic (exact) mass is 534 g/mol. The highest BCUT2D eigenvalue weighted by atomic mass is 14.7. The van der Waals surface area contributed by atoms with Crippen LogP contribution in [-0.2, 0) is 0 Å². The lowest BCUT2D eigenvalue weighted by Gasteiger charge is -2.12. The molecule has 0 aliphatic heterocycles. The third kappa shape index (κ3) is 4.40. The Morgan fingerprint density at radius 2 is 0.929 bits per heavy atom. The Kier molecular flexibility index (Phi) is 5.82. The highest BCUT2D eigenvalue weighted by Crippen LogP contribution is 2.34. The predicted molar refractivity (Wildman–Crippen MR) is 176 cm³/mol. The van der Waals surface area contributed by atoms with E-state index in [2.05, 4.69) is 151 Å². The summed E-state index contributed by atoms with van der Waals surface area (Å²) in [6.07, 6.45) is 1.85. The number of pyridine rings is 2. The lowest BCUT2D eigenvalue weighted by atomic mass is 9.95. The van der Waals surface area contributed by atoms with E-state index in [4.69, 9.17) is 4.98 Å². The van der Waals surface area contributed by atoms with Gasteiger partial charge in [0.05, 0.1) is 16.9 Å². The molecular formula is C40H26N2. The Balaban J connectivity index is 1.27. The maximum absolute atomic E-state index is 5.21. The van der Waals surface area contributed by atoms with Crippen LogP contribution in [-0.4, -0.2) is 9.97 Å². The van der Waals surface area contributed by atoms with Gasteiger partial charge in [0.25, 0.3) is 0 Å². The molecule has 0 aliphatic rings. The minimum Gasteiger partial charge on any atom is -0.256 e. The first-order chi connectivity index (χ1) is 20.8. The van der Waals surface area contributed by atoms with Crippen molar-refractivity contribution in [1.82, 2.24) is 9.97 Å². The van der Waals surface area contributed by atoms with E-state index in [1.54, 1.807) is 0 Å². The summed E-state index contributed by atoms with van der Waals surface area (Å²) >= 11 is 0. The number of hydrogen-bond acceptors (Lipinski definition) is 2. The Morgan fingerprint density at radius 3 is 1.57 bits per heavy atom. The minimum absolute atomic E-state index is 0.964. The molecule has 0 unspecified atom stereocenters. The summed E-state index contributed by atoms with van der Waals surface area (Å²) < 4.78 is 0. The second-order valence-corrected chi connectivity index (χ2v) is 10.7. The van der Waals surface area contributed by atoms with Gasteiger partial charge in [0, 0.05) is 22.7 Å². The molecule has 6 aromatic carbocycles. The highest BCUT2D eigenvalue weighted by molar-refractivity contribution is 5.95. The van der Waals surface area contributed by atoms with Crippen LogP contribution < -0.4 is 0 Å². The Labute approximate surface area is 244 Å². The molecule has 0 spiro atoms. The highest BCUT2D eigenvalue weighted by Gasteiger charge is 2.11. The average Bonchev–Trinajstić information content (AvgIpc) is 3.07. The van der Waals surface area contributed by atoms with E-state index in [-0.39, 0.29) is 0 Å². The molecule has 2 aromatic heterocycles. The van der Waals surface area contributed by atoms with Gasteiger partial charge in [-0.05, 0) is 80.2 Å². The number of aromatic nitrogens is 2. The van der Waals surface area contributed by atoms with Crippen molar-refractivity contribution in [2.75, 3.05) is 0 Å². The Bertz CT molecular complexity index is 2140. The van der Waals surface area contributed by atoms with Crippen molar-refractivity contribution in [1.29, 1.82) is 0 Å². The molecule has 2 heteroatoms. The summed E-state index contributed by atoms with van der Waals surface area (Å²) in [5.74, 6) is 0. The van der Waals surface area contributed by atoms with Crippen LogP contribution in [0.25, 0.3) is 77.2 Å². The predicted octanol–water partition coefficient (Wildman–Crippen LogP) is 10.6. The van der Waals surface area contributed by atoms with Crippen molar-refractivity contribution in [3.63, 3.8) is 0 Å².